The Morgan fingerprint density at radius 3 is 2.58 bits per heavy atom. The van der Waals surface area contributed by atoms with Crippen LogP contribution in [-0.4, -0.2) is 18.1 Å². The normalized spacial score (nSPS) is 25.2. The first kappa shape index (κ1) is 15.0. The Morgan fingerprint density at radius 1 is 1.32 bits per heavy atom. The maximum Gasteiger partial charge on any atom is 0.0420 e. The number of rotatable bonds is 5. The number of pyridine rings is 1. The van der Waals surface area contributed by atoms with E-state index in [1.54, 1.807) is 0 Å². The minimum atomic E-state index is 0.575. The maximum atomic E-state index is 4.51. The second kappa shape index (κ2) is 7.39. The summed E-state index contributed by atoms with van der Waals surface area (Å²) in [6.45, 7) is 2.33. The van der Waals surface area contributed by atoms with Gasteiger partial charge in [-0.3, -0.25) is 4.98 Å². The van der Waals surface area contributed by atoms with Crippen molar-refractivity contribution in [2.24, 2.45) is 11.8 Å². The van der Waals surface area contributed by atoms with Crippen molar-refractivity contribution in [3.63, 3.8) is 0 Å². The fourth-order valence-electron chi connectivity index (χ4n) is 3.26. The van der Waals surface area contributed by atoms with Gasteiger partial charge in [0.1, 0.15) is 0 Å². The average Bonchev–Trinajstić information content (AvgIpc) is 2.47. The van der Waals surface area contributed by atoms with Crippen molar-refractivity contribution in [2.75, 3.05) is 7.05 Å². The standard InChI is InChI=1S/C16H25BrN2/c1-3-12-4-6-13(7-5-12)16(18-2)10-15-9-8-14(17)11-19-15/h8-9,11-13,16,18H,3-7,10H2,1-2H3. The van der Waals surface area contributed by atoms with Gasteiger partial charge >= 0.3 is 0 Å². The number of hydrogen-bond acceptors (Lipinski definition) is 2. The van der Waals surface area contributed by atoms with Gasteiger partial charge in [0.25, 0.3) is 0 Å². The molecule has 1 N–H and O–H groups in total. The summed E-state index contributed by atoms with van der Waals surface area (Å²) in [5, 5.41) is 3.52. The number of nitrogens with one attached hydrogen (secondary N) is 1. The molecule has 1 heterocycles. The summed E-state index contributed by atoms with van der Waals surface area (Å²) in [7, 11) is 2.09. The molecule has 1 aromatic heterocycles. The van der Waals surface area contributed by atoms with Gasteiger partial charge in [-0.15, -0.1) is 0 Å². The molecule has 1 aliphatic rings. The number of aromatic nitrogens is 1. The Labute approximate surface area is 125 Å². The van der Waals surface area contributed by atoms with E-state index in [1.807, 2.05) is 6.20 Å². The van der Waals surface area contributed by atoms with Crippen LogP contribution < -0.4 is 5.32 Å². The number of halogens is 1. The van der Waals surface area contributed by atoms with Gasteiger partial charge in [-0.25, -0.2) is 0 Å². The number of nitrogens with zero attached hydrogens (tertiary/aromatic N) is 1. The molecule has 1 fully saturated rings. The van der Waals surface area contributed by atoms with Crippen LogP contribution in [0.1, 0.15) is 44.7 Å². The molecular weight excluding hydrogens is 300 g/mol. The topological polar surface area (TPSA) is 24.9 Å². The van der Waals surface area contributed by atoms with Crippen molar-refractivity contribution in [3.05, 3.63) is 28.5 Å². The molecule has 0 spiro atoms. The zero-order chi connectivity index (χ0) is 13.7. The third kappa shape index (κ3) is 4.28. The highest BCUT2D eigenvalue weighted by atomic mass is 79.9. The molecule has 1 unspecified atom stereocenters. The van der Waals surface area contributed by atoms with E-state index in [-0.39, 0.29) is 0 Å². The smallest absolute Gasteiger partial charge is 0.0420 e. The van der Waals surface area contributed by atoms with Crippen molar-refractivity contribution < 1.29 is 0 Å². The van der Waals surface area contributed by atoms with Crippen molar-refractivity contribution >= 4 is 15.9 Å². The van der Waals surface area contributed by atoms with Gasteiger partial charge in [0.15, 0.2) is 0 Å². The van der Waals surface area contributed by atoms with Crippen LogP contribution in [0.2, 0.25) is 0 Å². The van der Waals surface area contributed by atoms with E-state index in [2.05, 4.69) is 52.3 Å². The lowest BCUT2D eigenvalue weighted by atomic mass is 9.76. The molecule has 2 rings (SSSR count). The summed E-state index contributed by atoms with van der Waals surface area (Å²) in [5.41, 5.74) is 1.19. The molecule has 0 saturated heterocycles. The first-order chi connectivity index (χ1) is 9.22. The minimum absolute atomic E-state index is 0.575. The molecule has 1 aliphatic carbocycles. The van der Waals surface area contributed by atoms with Crippen LogP contribution in [-0.2, 0) is 6.42 Å². The average molecular weight is 325 g/mol. The molecule has 106 valence electrons. The molecule has 0 amide bonds. The zero-order valence-electron chi connectivity index (χ0n) is 12.0. The molecule has 19 heavy (non-hydrogen) atoms. The molecule has 1 atom stereocenters. The van der Waals surface area contributed by atoms with Crippen molar-refractivity contribution in [1.82, 2.24) is 10.3 Å². The first-order valence-electron chi connectivity index (χ1n) is 7.50. The highest BCUT2D eigenvalue weighted by molar-refractivity contribution is 9.10. The Hall–Kier alpha value is -0.410. The van der Waals surface area contributed by atoms with Crippen molar-refractivity contribution in [2.45, 2.75) is 51.5 Å². The SMILES string of the molecule is CCC1CCC(C(Cc2ccc(Br)cn2)NC)CC1. The lowest BCUT2D eigenvalue weighted by Crippen LogP contribution is -2.37. The van der Waals surface area contributed by atoms with Crippen LogP contribution in [0, 0.1) is 11.8 Å². The molecular formula is C16H25BrN2. The van der Waals surface area contributed by atoms with Crippen LogP contribution in [0.15, 0.2) is 22.8 Å². The molecule has 3 heteroatoms. The molecule has 0 aromatic carbocycles. The highest BCUT2D eigenvalue weighted by Gasteiger charge is 2.26. The van der Waals surface area contributed by atoms with Crippen LogP contribution in [0.25, 0.3) is 0 Å². The monoisotopic (exact) mass is 324 g/mol. The number of likely N-dealkylation sites (N-methyl/N-ethyl adjacent to an activating group) is 1. The Balaban J connectivity index is 1.91. The summed E-state index contributed by atoms with van der Waals surface area (Å²) in [4.78, 5) is 4.51. The molecule has 0 radical (unpaired) electrons. The fraction of sp³-hybridized carbons (Fsp3) is 0.688. The lowest BCUT2D eigenvalue weighted by Gasteiger charge is -2.33. The quantitative estimate of drug-likeness (QED) is 0.878. The van der Waals surface area contributed by atoms with E-state index in [1.165, 1.54) is 37.8 Å². The van der Waals surface area contributed by atoms with Crippen LogP contribution >= 0.6 is 15.9 Å². The maximum absolute atomic E-state index is 4.51. The first-order valence-corrected chi connectivity index (χ1v) is 8.30. The molecule has 0 aliphatic heterocycles. The van der Waals surface area contributed by atoms with E-state index in [4.69, 9.17) is 0 Å². The predicted molar refractivity (Wildman–Crippen MR) is 84.2 cm³/mol. The van der Waals surface area contributed by atoms with Gasteiger partial charge in [-0.2, -0.15) is 0 Å². The van der Waals surface area contributed by atoms with E-state index < -0.39 is 0 Å². The third-order valence-electron chi connectivity index (χ3n) is 4.63. The summed E-state index contributed by atoms with van der Waals surface area (Å²) in [5.74, 6) is 1.79. The third-order valence-corrected chi connectivity index (χ3v) is 5.10. The second-order valence-corrected chi connectivity index (χ2v) is 6.67. The largest absolute Gasteiger partial charge is 0.316 e. The fourth-order valence-corrected chi connectivity index (χ4v) is 3.49. The number of hydrogen-bond donors (Lipinski definition) is 1. The van der Waals surface area contributed by atoms with E-state index in [9.17, 15) is 0 Å². The van der Waals surface area contributed by atoms with Crippen molar-refractivity contribution in [1.29, 1.82) is 0 Å². The zero-order valence-corrected chi connectivity index (χ0v) is 13.6. The Kier molecular flexibility index (Phi) is 5.83. The van der Waals surface area contributed by atoms with Gasteiger partial charge in [0.05, 0.1) is 0 Å². The summed E-state index contributed by atoms with van der Waals surface area (Å²) < 4.78 is 1.06. The molecule has 1 aromatic rings. The summed E-state index contributed by atoms with van der Waals surface area (Å²) >= 11 is 3.44. The molecule has 2 nitrogen and oxygen atoms in total. The van der Waals surface area contributed by atoms with E-state index in [0.29, 0.717) is 6.04 Å². The van der Waals surface area contributed by atoms with Crippen LogP contribution in [0.4, 0.5) is 0 Å². The van der Waals surface area contributed by atoms with Gasteiger partial charge in [-0.1, -0.05) is 26.2 Å². The van der Waals surface area contributed by atoms with Gasteiger partial charge in [-0.05, 0) is 59.8 Å². The molecule has 0 bridgehead atoms. The van der Waals surface area contributed by atoms with Crippen LogP contribution in [0.5, 0.6) is 0 Å². The minimum Gasteiger partial charge on any atom is -0.316 e. The van der Waals surface area contributed by atoms with Crippen molar-refractivity contribution in [3.8, 4) is 0 Å². The summed E-state index contributed by atoms with van der Waals surface area (Å²) in [6.07, 6.45) is 9.87. The summed E-state index contributed by atoms with van der Waals surface area (Å²) in [6, 6.07) is 4.79. The van der Waals surface area contributed by atoms with E-state index >= 15 is 0 Å². The second-order valence-electron chi connectivity index (χ2n) is 5.76. The van der Waals surface area contributed by atoms with Gasteiger partial charge in [0, 0.05) is 28.8 Å². The van der Waals surface area contributed by atoms with Gasteiger partial charge in [0.2, 0.25) is 0 Å². The Bertz CT molecular complexity index is 369. The van der Waals surface area contributed by atoms with E-state index in [0.717, 1.165) is 22.7 Å². The lowest BCUT2D eigenvalue weighted by molar-refractivity contribution is 0.221. The van der Waals surface area contributed by atoms with Crippen LogP contribution in [0.3, 0.4) is 0 Å². The Morgan fingerprint density at radius 2 is 2.05 bits per heavy atom. The molecule has 1 saturated carbocycles. The highest BCUT2D eigenvalue weighted by Crippen LogP contribution is 2.33. The van der Waals surface area contributed by atoms with Gasteiger partial charge < -0.3 is 5.32 Å². The predicted octanol–water partition coefficient (Wildman–Crippen LogP) is 4.19.